The molecular formula is C25H21ClN4O. The van der Waals surface area contributed by atoms with Gasteiger partial charge in [-0.25, -0.2) is 9.97 Å². The van der Waals surface area contributed by atoms with Crippen LogP contribution in [-0.2, 0) is 10.3 Å². The Kier molecular flexibility index (Phi) is 4.83. The lowest BCUT2D eigenvalue weighted by atomic mass is 9.72. The Morgan fingerprint density at radius 3 is 2.58 bits per heavy atom. The number of anilines is 1. The smallest absolute Gasteiger partial charge is 0.225 e. The molecule has 0 radical (unpaired) electrons. The summed E-state index contributed by atoms with van der Waals surface area (Å²) in [7, 11) is 0. The van der Waals surface area contributed by atoms with E-state index in [1.165, 1.54) is 0 Å². The number of halogens is 1. The summed E-state index contributed by atoms with van der Waals surface area (Å²) in [4.78, 5) is 21.8. The summed E-state index contributed by atoms with van der Waals surface area (Å²) in [5, 5.41) is 3.60. The van der Waals surface area contributed by atoms with Crippen LogP contribution in [0.5, 0.6) is 0 Å². The van der Waals surface area contributed by atoms with Gasteiger partial charge in [0.15, 0.2) is 0 Å². The van der Waals surface area contributed by atoms with Gasteiger partial charge in [-0.3, -0.25) is 4.79 Å². The van der Waals surface area contributed by atoms with Crippen LogP contribution in [0.15, 0.2) is 85.3 Å². The summed E-state index contributed by atoms with van der Waals surface area (Å²) in [6, 6.07) is 21.6. The van der Waals surface area contributed by atoms with Crippen molar-refractivity contribution in [2.24, 2.45) is 5.92 Å². The number of aromatic nitrogens is 3. The van der Waals surface area contributed by atoms with Crippen molar-refractivity contribution in [3.63, 3.8) is 0 Å². The molecule has 0 spiro atoms. The Labute approximate surface area is 185 Å². The molecule has 5 rings (SSSR count). The van der Waals surface area contributed by atoms with Gasteiger partial charge in [0.2, 0.25) is 5.91 Å². The molecule has 2 atom stereocenters. The van der Waals surface area contributed by atoms with E-state index in [-0.39, 0.29) is 11.8 Å². The zero-order valence-corrected chi connectivity index (χ0v) is 17.8. The Morgan fingerprint density at radius 2 is 1.81 bits per heavy atom. The van der Waals surface area contributed by atoms with Crippen LogP contribution in [-0.4, -0.2) is 20.4 Å². The summed E-state index contributed by atoms with van der Waals surface area (Å²) in [6.07, 6.45) is 5.79. The number of fused-ring (bicyclic) bond motifs is 3. The third kappa shape index (κ3) is 3.13. The molecule has 0 aliphatic carbocycles. The van der Waals surface area contributed by atoms with Crippen LogP contribution in [0.3, 0.4) is 0 Å². The van der Waals surface area contributed by atoms with E-state index in [0.29, 0.717) is 17.3 Å². The molecule has 3 heterocycles. The van der Waals surface area contributed by atoms with Gasteiger partial charge in [-0.2, -0.15) is 0 Å². The highest BCUT2D eigenvalue weighted by molar-refractivity contribution is 6.30. The van der Waals surface area contributed by atoms with Crippen LogP contribution < -0.4 is 5.32 Å². The minimum absolute atomic E-state index is 0.0750. The number of hydrogen-bond acceptors (Lipinski definition) is 3. The zero-order valence-electron chi connectivity index (χ0n) is 17.0. The molecule has 1 amide bonds. The van der Waals surface area contributed by atoms with E-state index in [1.807, 2.05) is 60.9 Å². The van der Waals surface area contributed by atoms with Gasteiger partial charge >= 0.3 is 0 Å². The van der Waals surface area contributed by atoms with Crippen molar-refractivity contribution in [3.05, 3.63) is 101 Å². The standard InChI is InChI=1S/C25H21ClN4O/c1-17(16-23(31)29-22-8-4-5-13-27-22)25(18-9-11-19(26)12-10-18)21-7-3-2-6-20(21)24-28-14-15-30(24)25/h2-15,17H,16H2,1H3,(H,27,29,31). The van der Waals surface area contributed by atoms with Gasteiger partial charge in [-0.15, -0.1) is 0 Å². The number of amides is 1. The molecule has 0 fully saturated rings. The van der Waals surface area contributed by atoms with Crippen LogP contribution in [0.1, 0.15) is 24.5 Å². The van der Waals surface area contributed by atoms with Crippen molar-refractivity contribution < 1.29 is 4.79 Å². The molecule has 1 N–H and O–H groups in total. The molecular weight excluding hydrogens is 408 g/mol. The average Bonchev–Trinajstić information content (AvgIpc) is 3.36. The topological polar surface area (TPSA) is 59.8 Å². The fourth-order valence-electron chi connectivity index (χ4n) is 4.77. The second kappa shape index (κ2) is 7.67. The van der Waals surface area contributed by atoms with E-state index in [0.717, 1.165) is 22.5 Å². The van der Waals surface area contributed by atoms with E-state index in [9.17, 15) is 4.79 Å². The highest BCUT2D eigenvalue weighted by Gasteiger charge is 2.49. The number of carbonyl (C=O) groups excluding carboxylic acids is 1. The minimum atomic E-state index is -0.575. The molecule has 31 heavy (non-hydrogen) atoms. The molecule has 154 valence electrons. The fourth-order valence-corrected chi connectivity index (χ4v) is 4.90. The molecule has 2 aromatic heterocycles. The molecule has 0 bridgehead atoms. The maximum Gasteiger partial charge on any atom is 0.225 e. The summed E-state index contributed by atoms with van der Waals surface area (Å²) in [6.45, 7) is 2.11. The summed E-state index contributed by atoms with van der Waals surface area (Å²) in [5.74, 6) is 1.30. The predicted molar refractivity (Wildman–Crippen MR) is 122 cm³/mol. The fraction of sp³-hybridized carbons (Fsp3) is 0.160. The third-order valence-corrected chi connectivity index (χ3v) is 6.27. The maximum atomic E-state index is 13.0. The first kappa shape index (κ1) is 19.5. The summed E-state index contributed by atoms with van der Waals surface area (Å²) >= 11 is 6.21. The van der Waals surface area contributed by atoms with Crippen LogP contribution in [0, 0.1) is 5.92 Å². The quantitative estimate of drug-likeness (QED) is 0.465. The molecule has 2 unspecified atom stereocenters. The molecule has 4 aromatic rings. The Hall–Kier alpha value is -3.44. The van der Waals surface area contributed by atoms with E-state index in [4.69, 9.17) is 11.6 Å². The van der Waals surface area contributed by atoms with Crippen molar-refractivity contribution >= 4 is 23.3 Å². The number of hydrogen-bond donors (Lipinski definition) is 1. The first-order valence-electron chi connectivity index (χ1n) is 10.2. The predicted octanol–water partition coefficient (Wildman–Crippen LogP) is 5.37. The van der Waals surface area contributed by atoms with Gasteiger partial charge in [0.05, 0.1) is 0 Å². The van der Waals surface area contributed by atoms with Gasteiger partial charge in [-0.05, 0) is 41.3 Å². The highest BCUT2D eigenvalue weighted by Crippen LogP contribution is 2.52. The number of rotatable bonds is 5. The third-order valence-electron chi connectivity index (χ3n) is 6.02. The lowest BCUT2D eigenvalue weighted by Gasteiger charge is -2.39. The Morgan fingerprint density at radius 1 is 1.03 bits per heavy atom. The van der Waals surface area contributed by atoms with Crippen LogP contribution >= 0.6 is 11.6 Å². The second-order valence-electron chi connectivity index (χ2n) is 7.81. The summed E-state index contributed by atoms with van der Waals surface area (Å²) in [5.41, 5.74) is 2.71. The largest absolute Gasteiger partial charge is 0.316 e. The number of benzene rings is 2. The molecule has 1 aliphatic heterocycles. The molecule has 5 nitrogen and oxygen atoms in total. The van der Waals surface area contributed by atoms with E-state index >= 15 is 0 Å². The molecule has 0 saturated carbocycles. The Bertz CT molecular complexity index is 1240. The van der Waals surface area contributed by atoms with Gasteiger partial charge in [0.25, 0.3) is 0 Å². The van der Waals surface area contributed by atoms with Gasteiger partial charge in [0, 0.05) is 35.6 Å². The molecule has 1 aliphatic rings. The summed E-state index contributed by atoms with van der Waals surface area (Å²) < 4.78 is 2.19. The minimum Gasteiger partial charge on any atom is -0.316 e. The molecule has 0 saturated heterocycles. The molecule has 6 heteroatoms. The first-order chi connectivity index (χ1) is 15.1. The van der Waals surface area contributed by atoms with Crippen LogP contribution in [0.4, 0.5) is 5.82 Å². The van der Waals surface area contributed by atoms with Crippen molar-refractivity contribution in [1.82, 2.24) is 14.5 Å². The maximum absolute atomic E-state index is 13.0. The van der Waals surface area contributed by atoms with E-state index in [1.54, 1.807) is 12.3 Å². The van der Waals surface area contributed by atoms with Gasteiger partial charge in [-0.1, -0.05) is 61.0 Å². The van der Waals surface area contributed by atoms with Crippen molar-refractivity contribution in [1.29, 1.82) is 0 Å². The average molecular weight is 429 g/mol. The number of nitrogens with one attached hydrogen (secondary N) is 1. The SMILES string of the molecule is CC(CC(=O)Nc1ccccn1)C1(c2ccc(Cl)cc2)c2ccccc2-c2nccn21. The number of pyridine rings is 1. The normalized spacial score (nSPS) is 17.6. The van der Waals surface area contributed by atoms with Gasteiger partial charge in [0.1, 0.15) is 17.2 Å². The monoisotopic (exact) mass is 428 g/mol. The number of imidazole rings is 1. The zero-order chi connectivity index (χ0) is 21.4. The first-order valence-corrected chi connectivity index (χ1v) is 10.6. The van der Waals surface area contributed by atoms with E-state index in [2.05, 4.69) is 38.9 Å². The van der Waals surface area contributed by atoms with Crippen LogP contribution in [0.25, 0.3) is 11.4 Å². The number of nitrogens with zero attached hydrogens (tertiary/aromatic N) is 3. The van der Waals surface area contributed by atoms with Crippen LogP contribution in [0.2, 0.25) is 5.02 Å². The second-order valence-corrected chi connectivity index (χ2v) is 8.24. The molecule has 2 aromatic carbocycles. The van der Waals surface area contributed by atoms with Gasteiger partial charge < -0.3 is 9.88 Å². The van der Waals surface area contributed by atoms with E-state index < -0.39 is 5.54 Å². The van der Waals surface area contributed by atoms with Crippen molar-refractivity contribution in [2.75, 3.05) is 5.32 Å². The van der Waals surface area contributed by atoms with Crippen molar-refractivity contribution in [3.8, 4) is 11.4 Å². The lowest BCUT2D eigenvalue weighted by Crippen LogP contribution is -2.41. The number of carbonyl (C=O) groups is 1. The van der Waals surface area contributed by atoms with Crippen molar-refractivity contribution in [2.45, 2.75) is 18.9 Å². The highest BCUT2D eigenvalue weighted by atomic mass is 35.5. The lowest BCUT2D eigenvalue weighted by molar-refractivity contribution is -0.117. The Balaban J connectivity index is 1.61.